The number of amides is 2. The van der Waals surface area contributed by atoms with Crippen molar-refractivity contribution in [2.45, 2.75) is 63.0 Å². The highest BCUT2D eigenvalue weighted by atomic mass is 32.2. The molecule has 1 aliphatic heterocycles. The van der Waals surface area contributed by atoms with Gasteiger partial charge in [0.25, 0.3) is 5.91 Å². The molecule has 0 unspecified atom stereocenters. The Bertz CT molecular complexity index is 1260. The molecule has 2 aromatic rings. The normalized spacial score (nSPS) is 21.5. The van der Waals surface area contributed by atoms with Crippen LogP contribution in [-0.4, -0.2) is 73.4 Å². The fraction of sp³-hybridized carbons (Fsp3) is 0.517. The number of rotatable bonds is 8. The standard InChI is InChI=1S/C29H39N3O6S/c1-20-17-32(21(2)19-33)29(35)24-15-10-16-25(30-28(34)22-11-6-4-7-12-22)27(24)38-26(20)18-31(3)39(36,37)23-13-8-5-9-14-23/h5,8-10,13-16,20-22,26,33H,4,6-7,11-12,17-19H2,1-3H3,(H,30,34)/t20-,21+,26+/m1/s1. The number of aliphatic hydroxyl groups is 1. The maximum absolute atomic E-state index is 13.7. The molecule has 3 atom stereocenters. The summed E-state index contributed by atoms with van der Waals surface area (Å²) >= 11 is 0. The molecule has 2 amide bonds. The first-order valence-corrected chi connectivity index (χ1v) is 15.1. The molecule has 0 spiro atoms. The van der Waals surface area contributed by atoms with Crippen molar-refractivity contribution in [1.29, 1.82) is 0 Å². The first kappa shape index (κ1) is 29.0. The van der Waals surface area contributed by atoms with Gasteiger partial charge < -0.3 is 20.1 Å². The van der Waals surface area contributed by atoms with Gasteiger partial charge in [-0.1, -0.05) is 50.5 Å². The van der Waals surface area contributed by atoms with Crippen LogP contribution in [0.4, 0.5) is 5.69 Å². The minimum Gasteiger partial charge on any atom is -0.486 e. The zero-order chi connectivity index (χ0) is 28.2. The van der Waals surface area contributed by atoms with E-state index in [2.05, 4.69) is 5.32 Å². The van der Waals surface area contributed by atoms with Gasteiger partial charge in [-0.3, -0.25) is 9.59 Å². The van der Waals surface area contributed by atoms with Crippen molar-refractivity contribution in [2.24, 2.45) is 11.8 Å². The Morgan fingerprint density at radius 3 is 2.49 bits per heavy atom. The Morgan fingerprint density at radius 2 is 1.82 bits per heavy atom. The number of sulfonamides is 1. The van der Waals surface area contributed by atoms with Crippen LogP contribution in [-0.2, 0) is 14.8 Å². The molecule has 212 valence electrons. The first-order chi connectivity index (χ1) is 18.6. The van der Waals surface area contributed by atoms with Crippen LogP contribution in [0.2, 0.25) is 0 Å². The lowest BCUT2D eigenvalue weighted by atomic mass is 9.88. The van der Waals surface area contributed by atoms with Crippen LogP contribution in [0.15, 0.2) is 53.4 Å². The van der Waals surface area contributed by atoms with Gasteiger partial charge >= 0.3 is 0 Å². The summed E-state index contributed by atoms with van der Waals surface area (Å²) in [5.41, 5.74) is 0.655. The highest BCUT2D eigenvalue weighted by Crippen LogP contribution is 2.36. The second-order valence-electron chi connectivity index (χ2n) is 10.7. The molecule has 0 radical (unpaired) electrons. The van der Waals surface area contributed by atoms with Crippen molar-refractivity contribution in [1.82, 2.24) is 9.21 Å². The van der Waals surface area contributed by atoms with Gasteiger partial charge in [0.2, 0.25) is 15.9 Å². The number of carbonyl (C=O) groups is 2. The summed E-state index contributed by atoms with van der Waals surface area (Å²) in [6, 6.07) is 12.8. The van der Waals surface area contributed by atoms with Gasteiger partial charge in [-0.25, -0.2) is 8.42 Å². The molecular weight excluding hydrogens is 518 g/mol. The lowest BCUT2D eigenvalue weighted by Gasteiger charge is -2.38. The monoisotopic (exact) mass is 557 g/mol. The van der Waals surface area contributed by atoms with E-state index in [0.717, 1.165) is 32.1 Å². The summed E-state index contributed by atoms with van der Waals surface area (Å²) in [4.78, 5) is 28.6. The fourth-order valence-electron chi connectivity index (χ4n) is 5.28. The Hall–Kier alpha value is -2.95. The minimum atomic E-state index is -3.79. The van der Waals surface area contributed by atoms with E-state index in [1.54, 1.807) is 60.4 Å². The number of hydrogen-bond donors (Lipinski definition) is 2. The van der Waals surface area contributed by atoms with Crippen LogP contribution in [0.3, 0.4) is 0 Å². The third-order valence-electron chi connectivity index (χ3n) is 7.81. The van der Waals surface area contributed by atoms with Gasteiger partial charge in [-0.15, -0.1) is 0 Å². The van der Waals surface area contributed by atoms with Crippen LogP contribution in [0.1, 0.15) is 56.3 Å². The number of para-hydroxylation sites is 1. The quantitative estimate of drug-likeness (QED) is 0.511. The van der Waals surface area contributed by atoms with E-state index in [0.29, 0.717) is 5.69 Å². The number of likely N-dealkylation sites (N-methyl/N-ethyl adjacent to an activating group) is 1. The average Bonchev–Trinajstić information content (AvgIpc) is 2.95. The summed E-state index contributed by atoms with van der Waals surface area (Å²) < 4.78 is 34.3. The van der Waals surface area contributed by atoms with Crippen molar-refractivity contribution < 1.29 is 27.9 Å². The van der Waals surface area contributed by atoms with Crippen LogP contribution in [0, 0.1) is 11.8 Å². The number of fused-ring (bicyclic) bond motifs is 1. The van der Waals surface area contributed by atoms with Crippen LogP contribution in [0.5, 0.6) is 5.75 Å². The van der Waals surface area contributed by atoms with E-state index in [1.165, 1.54) is 11.4 Å². The van der Waals surface area contributed by atoms with Crippen LogP contribution in [0.25, 0.3) is 0 Å². The van der Waals surface area contributed by atoms with Crippen molar-refractivity contribution in [3.63, 3.8) is 0 Å². The molecule has 2 aliphatic rings. The Kier molecular flexibility index (Phi) is 9.30. The molecule has 39 heavy (non-hydrogen) atoms. The van der Waals surface area contributed by atoms with Gasteiger partial charge in [0.05, 0.1) is 35.3 Å². The zero-order valence-corrected chi connectivity index (χ0v) is 23.7. The maximum Gasteiger partial charge on any atom is 0.258 e. The molecule has 1 fully saturated rings. The van der Waals surface area contributed by atoms with E-state index in [1.807, 2.05) is 6.92 Å². The molecule has 1 aliphatic carbocycles. The van der Waals surface area contributed by atoms with Gasteiger partial charge in [-0.05, 0) is 44.0 Å². The van der Waals surface area contributed by atoms with E-state index < -0.39 is 22.2 Å². The number of aliphatic hydroxyl groups excluding tert-OH is 1. The van der Waals surface area contributed by atoms with Crippen LogP contribution >= 0.6 is 0 Å². The molecule has 10 heteroatoms. The lowest BCUT2D eigenvalue weighted by Crippen LogP contribution is -2.50. The fourth-order valence-corrected chi connectivity index (χ4v) is 6.49. The van der Waals surface area contributed by atoms with Gasteiger partial charge in [-0.2, -0.15) is 4.31 Å². The van der Waals surface area contributed by atoms with Gasteiger partial charge in [0.1, 0.15) is 6.10 Å². The van der Waals surface area contributed by atoms with Crippen molar-refractivity contribution in [3.05, 3.63) is 54.1 Å². The third kappa shape index (κ3) is 6.45. The highest BCUT2D eigenvalue weighted by Gasteiger charge is 2.36. The second-order valence-corrected chi connectivity index (χ2v) is 12.8. The second kappa shape index (κ2) is 12.5. The number of ether oxygens (including phenoxy) is 1. The zero-order valence-electron chi connectivity index (χ0n) is 22.9. The Labute approximate surface area is 231 Å². The van der Waals surface area contributed by atoms with Crippen molar-refractivity contribution in [3.8, 4) is 5.75 Å². The summed E-state index contributed by atoms with van der Waals surface area (Å²) in [7, 11) is -2.28. The van der Waals surface area contributed by atoms with Crippen molar-refractivity contribution in [2.75, 3.05) is 32.1 Å². The van der Waals surface area contributed by atoms with Gasteiger partial charge in [0, 0.05) is 25.4 Å². The number of carbonyl (C=O) groups excluding carboxylic acids is 2. The number of anilines is 1. The summed E-state index contributed by atoms with van der Waals surface area (Å²) in [5.74, 6) is -0.567. The maximum atomic E-state index is 13.7. The molecule has 4 rings (SSSR count). The van der Waals surface area contributed by atoms with Crippen LogP contribution < -0.4 is 10.1 Å². The minimum absolute atomic E-state index is 0.0261. The summed E-state index contributed by atoms with van der Waals surface area (Å²) in [6.45, 7) is 3.73. The molecule has 2 aromatic carbocycles. The SMILES string of the molecule is C[C@@H]1CN([C@@H](C)CO)C(=O)c2cccc(NC(=O)C3CCCCC3)c2O[C@H]1CN(C)S(=O)(=O)c1ccccc1. The van der Waals surface area contributed by atoms with Crippen molar-refractivity contribution >= 4 is 27.5 Å². The number of nitrogens with one attached hydrogen (secondary N) is 1. The number of nitrogens with zero attached hydrogens (tertiary/aromatic N) is 2. The summed E-state index contributed by atoms with van der Waals surface area (Å²) in [5, 5.41) is 12.9. The lowest BCUT2D eigenvalue weighted by molar-refractivity contribution is -0.120. The molecule has 0 bridgehead atoms. The molecule has 9 nitrogen and oxygen atoms in total. The van der Waals surface area contributed by atoms with Gasteiger partial charge in [0.15, 0.2) is 5.75 Å². The first-order valence-electron chi connectivity index (χ1n) is 13.7. The van der Waals surface area contributed by atoms with E-state index in [4.69, 9.17) is 4.74 Å². The summed E-state index contributed by atoms with van der Waals surface area (Å²) in [6.07, 6.45) is 4.15. The largest absolute Gasteiger partial charge is 0.486 e. The number of hydrogen-bond acceptors (Lipinski definition) is 6. The van der Waals surface area contributed by atoms with E-state index in [-0.39, 0.29) is 59.6 Å². The third-order valence-corrected chi connectivity index (χ3v) is 9.65. The molecule has 1 heterocycles. The Balaban J connectivity index is 1.69. The number of benzene rings is 2. The average molecular weight is 558 g/mol. The smallest absolute Gasteiger partial charge is 0.258 e. The molecule has 1 saturated carbocycles. The van der Waals surface area contributed by atoms with E-state index >= 15 is 0 Å². The molecule has 2 N–H and O–H groups in total. The highest BCUT2D eigenvalue weighted by molar-refractivity contribution is 7.89. The molecule has 0 saturated heterocycles. The van der Waals surface area contributed by atoms with E-state index in [9.17, 15) is 23.1 Å². The Morgan fingerprint density at radius 1 is 1.13 bits per heavy atom. The molecular formula is C29H39N3O6S. The predicted octanol–water partition coefficient (Wildman–Crippen LogP) is 3.75. The molecule has 0 aromatic heterocycles. The topological polar surface area (TPSA) is 116 Å². The predicted molar refractivity (Wildman–Crippen MR) is 149 cm³/mol.